The molecule has 1 fully saturated rings. The third-order valence-corrected chi connectivity index (χ3v) is 4.42. The van der Waals surface area contributed by atoms with Crippen LogP contribution in [0.3, 0.4) is 0 Å². The number of carbonyl (C=O) groups is 1. The van der Waals surface area contributed by atoms with Crippen LogP contribution in [0.25, 0.3) is 11.1 Å². The van der Waals surface area contributed by atoms with Crippen LogP contribution in [0.2, 0.25) is 0 Å². The number of piperidine rings is 1. The van der Waals surface area contributed by atoms with Gasteiger partial charge in [-0.3, -0.25) is 0 Å². The highest BCUT2D eigenvalue weighted by Crippen LogP contribution is 2.27. The number of carbonyl (C=O) groups excluding carboxylic acids is 1. The van der Waals surface area contributed by atoms with Crippen molar-refractivity contribution in [2.75, 3.05) is 24.6 Å². The Morgan fingerprint density at radius 2 is 2.11 bits per heavy atom. The number of benzene rings is 1. The fourth-order valence-corrected chi connectivity index (χ4v) is 3.08. The van der Waals surface area contributed by atoms with E-state index in [4.69, 9.17) is 13.9 Å². The molecule has 28 heavy (non-hydrogen) atoms. The molecular formula is C20H29N3O5. The van der Waals surface area contributed by atoms with Crippen molar-refractivity contribution in [1.29, 1.82) is 0 Å². The van der Waals surface area contributed by atoms with Gasteiger partial charge in [0.2, 0.25) is 0 Å². The predicted octanol–water partition coefficient (Wildman–Crippen LogP) is 3.43. The van der Waals surface area contributed by atoms with Crippen LogP contribution >= 0.6 is 0 Å². The van der Waals surface area contributed by atoms with Gasteiger partial charge in [-0.05, 0) is 52.7 Å². The molecule has 0 unspecified atom stereocenters. The van der Waals surface area contributed by atoms with Gasteiger partial charge >= 0.3 is 6.09 Å². The van der Waals surface area contributed by atoms with Crippen molar-refractivity contribution >= 4 is 23.2 Å². The van der Waals surface area contributed by atoms with E-state index in [2.05, 4.69) is 15.2 Å². The highest BCUT2D eigenvalue weighted by Gasteiger charge is 2.24. The summed E-state index contributed by atoms with van der Waals surface area (Å²) in [7, 11) is 0. The number of amides is 1. The van der Waals surface area contributed by atoms with Gasteiger partial charge < -0.3 is 29.2 Å². The molecule has 1 aromatic heterocycles. The fraction of sp³-hybridized carbons (Fsp3) is 0.600. The summed E-state index contributed by atoms with van der Waals surface area (Å²) in [4.78, 5) is 18.3. The van der Waals surface area contributed by atoms with Crippen LogP contribution in [0.4, 0.5) is 10.8 Å². The molecular weight excluding hydrogens is 362 g/mol. The maximum atomic E-state index is 11.8. The Kier molecular flexibility index (Phi) is 5.98. The summed E-state index contributed by atoms with van der Waals surface area (Å²) in [6.07, 6.45) is 1.40. The van der Waals surface area contributed by atoms with E-state index in [-0.39, 0.29) is 17.9 Å². The van der Waals surface area contributed by atoms with Gasteiger partial charge in [-0.25, -0.2) is 4.79 Å². The maximum Gasteiger partial charge on any atom is 0.407 e. The van der Waals surface area contributed by atoms with E-state index in [9.17, 15) is 9.90 Å². The van der Waals surface area contributed by atoms with Crippen LogP contribution in [0.1, 0.15) is 40.5 Å². The zero-order chi connectivity index (χ0) is 20.3. The van der Waals surface area contributed by atoms with Gasteiger partial charge in [-0.2, -0.15) is 4.98 Å². The molecule has 2 heterocycles. The number of rotatable bonds is 5. The van der Waals surface area contributed by atoms with Crippen molar-refractivity contribution < 1.29 is 23.8 Å². The highest BCUT2D eigenvalue weighted by atomic mass is 16.6. The molecule has 0 radical (unpaired) electrons. The summed E-state index contributed by atoms with van der Waals surface area (Å²) >= 11 is 0. The van der Waals surface area contributed by atoms with E-state index in [1.54, 1.807) is 18.2 Å². The molecule has 8 nitrogen and oxygen atoms in total. The van der Waals surface area contributed by atoms with Crippen molar-refractivity contribution in [3.8, 4) is 5.75 Å². The van der Waals surface area contributed by atoms with Crippen LogP contribution in [-0.2, 0) is 9.47 Å². The Balaban J connectivity index is 1.43. The summed E-state index contributed by atoms with van der Waals surface area (Å²) in [5, 5.41) is 12.3. The zero-order valence-corrected chi connectivity index (χ0v) is 16.9. The van der Waals surface area contributed by atoms with Gasteiger partial charge in [0.05, 0.1) is 18.8 Å². The lowest BCUT2D eigenvalue weighted by Crippen LogP contribution is -2.42. The van der Waals surface area contributed by atoms with Crippen molar-refractivity contribution in [3.05, 3.63) is 18.2 Å². The average Bonchev–Trinajstić information content (AvgIpc) is 3.01. The highest BCUT2D eigenvalue weighted by molar-refractivity contribution is 5.76. The Morgan fingerprint density at radius 3 is 2.79 bits per heavy atom. The summed E-state index contributed by atoms with van der Waals surface area (Å²) < 4.78 is 17.0. The summed E-state index contributed by atoms with van der Waals surface area (Å²) in [6.45, 7) is 9.39. The SMILES string of the molecule is C[C@@H](COC1CCN(c2nc3cc(O)ccc3o2)CC1)NC(=O)OC(C)(C)C. The molecule has 1 atom stereocenters. The van der Waals surface area contributed by atoms with Crippen molar-refractivity contribution in [3.63, 3.8) is 0 Å². The molecule has 3 rings (SSSR count). The minimum Gasteiger partial charge on any atom is -0.508 e. The number of hydrogen-bond donors (Lipinski definition) is 2. The predicted molar refractivity (Wildman–Crippen MR) is 106 cm³/mol. The molecule has 1 aliphatic heterocycles. The van der Waals surface area contributed by atoms with Crippen molar-refractivity contribution in [2.45, 2.75) is 58.3 Å². The minimum absolute atomic E-state index is 0.127. The Bertz CT molecular complexity index is 806. The number of phenols is 1. The number of hydrogen-bond acceptors (Lipinski definition) is 7. The first kappa shape index (κ1) is 20.3. The number of anilines is 1. The molecule has 2 aromatic rings. The van der Waals surface area contributed by atoms with Crippen LogP contribution < -0.4 is 10.2 Å². The first-order valence-corrected chi connectivity index (χ1v) is 9.65. The molecule has 0 saturated carbocycles. The van der Waals surface area contributed by atoms with Crippen LogP contribution in [0.15, 0.2) is 22.6 Å². The summed E-state index contributed by atoms with van der Waals surface area (Å²) in [6, 6.07) is 5.34. The van der Waals surface area contributed by atoms with Gasteiger partial charge in [-0.15, -0.1) is 0 Å². The number of phenolic OH excluding ortho intramolecular Hbond substituents is 1. The minimum atomic E-state index is -0.513. The molecule has 8 heteroatoms. The first-order chi connectivity index (χ1) is 13.2. The molecule has 1 aliphatic rings. The zero-order valence-electron chi connectivity index (χ0n) is 16.9. The Hall–Kier alpha value is -2.48. The molecule has 0 bridgehead atoms. The van der Waals surface area contributed by atoms with E-state index in [0.717, 1.165) is 25.9 Å². The van der Waals surface area contributed by atoms with E-state index in [0.29, 0.717) is 23.7 Å². The van der Waals surface area contributed by atoms with E-state index < -0.39 is 11.7 Å². The second kappa shape index (κ2) is 8.26. The number of nitrogens with zero attached hydrogens (tertiary/aromatic N) is 2. The van der Waals surface area contributed by atoms with Crippen LogP contribution in [0, 0.1) is 0 Å². The van der Waals surface area contributed by atoms with Gasteiger partial charge in [-0.1, -0.05) is 0 Å². The van der Waals surface area contributed by atoms with Crippen LogP contribution in [0.5, 0.6) is 5.75 Å². The first-order valence-electron chi connectivity index (χ1n) is 9.65. The number of aromatic nitrogens is 1. The number of nitrogens with one attached hydrogen (secondary N) is 1. The van der Waals surface area contributed by atoms with Gasteiger partial charge in [0.1, 0.15) is 16.9 Å². The molecule has 2 N–H and O–H groups in total. The topological polar surface area (TPSA) is 97.1 Å². The van der Waals surface area contributed by atoms with Crippen LogP contribution in [-0.4, -0.2) is 53.6 Å². The van der Waals surface area contributed by atoms with Crippen molar-refractivity contribution in [1.82, 2.24) is 10.3 Å². The molecule has 154 valence electrons. The molecule has 1 amide bonds. The molecule has 1 aromatic carbocycles. The summed E-state index contributed by atoms with van der Waals surface area (Å²) in [5.74, 6) is 0.175. The van der Waals surface area contributed by atoms with E-state index in [1.807, 2.05) is 27.7 Å². The number of aromatic hydroxyl groups is 1. The third-order valence-electron chi connectivity index (χ3n) is 4.42. The molecule has 0 spiro atoms. The second-order valence-electron chi connectivity index (χ2n) is 8.22. The quantitative estimate of drug-likeness (QED) is 0.806. The lowest BCUT2D eigenvalue weighted by atomic mass is 10.1. The van der Waals surface area contributed by atoms with Crippen molar-refractivity contribution in [2.24, 2.45) is 0 Å². The normalized spacial score (nSPS) is 16.9. The van der Waals surface area contributed by atoms with E-state index >= 15 is 0 Å². The smallest absolute Gasteiger partial charge is 0.407 e. The average molecular weight is 391 g/mol. The van der Waals surface area contributed by atoms with Gasteiger partial charge in [0.25, 0.3) is 6.01 Å². The molecule has 1 saturated heterocycles. The summed E-state index contributed by atoms with van der Waals surface area (Å²) in [5.41, 5.74) is 0.796. The standard InChI is InChI=1S/C20H29N3O5/c1-13(21-19(25)28-20(2,3)4)12-26-15-7-9-23(10-8-15)18-22-16-11-14(24)5-6-17(16)27-18/h5-6,11,13,15,24H,7-10,12H2,1-4H3,(H,21,25)/t13-/m0/s1. The molecule has 0 aliphatic carbocycles. The Labute approximate surface area is 164 Å². The largest absolute Gasteiger partial charge is 0.508 e. The van der Waals surface area contributed by atoms with E-state index in [1.165, 1.54) is 0 Å². The van der Waals surface area contributed by atoms with Gasteiger partial charge in [0.15, 0.2) is 5.58 Å². The Morgan fingerprint density at radius 1 is 1.39 bits per heavy atom. The number of alkyl carbamates (subject to hydrolysis) is 1. The van der Waals surface area contributed by atoms with Gasteiger partial charge in [0, 0.05) is 19.2 Å². The number of fused-ring (bicyclic) bond motifs is 1. The third kappa shape index (κ3) is 5.51. The second-order valence-corrected chi connectivity index (χ2v) is 8.22. The fourth-order valence-electron chi connectivity index (χ4n) is 3.08. The number of ether oxygens (including phenoxy) is 2. The number of oxazole rings is 1. The monoisotopic (exact) mass is 391 g/mol. The lowest BCUT2D eigenvalue weighted by Gasteiger charge is -2.31. The lowest BCUT2D eigenvalue weighted by molar-refractivity contribution is 0.0179. The maximum absolute atomic E-state index is 11.8.